The van der Waals surface area contributed by atoms with Crippen LogP contribution in [-0.2, 0) is 9.47 Å². The van der Waals surface area contributed by atoms with Gasteiger partial charge in [0.1, 0.15) is 11.6 Å². The Morgan fingerprint density at radius 2 is 1.91 bits per heavy atom. The Morgan fingerprint density at radius 1 is 1.17 bits per heavy atom. The van der Waals surface area contributed by atoms with Crippen LogP contribution in [0.3, 0.4) is 0 Å². The molecular formula is C26H36N6O3. The van der Waals surface area contributed by atoms with Gasteiger partial charge < -0.3 is 29.6 Å². The number of anilines is 2. The maximum Gasteiger partial charge on any atom is 0.258 e. The molecule has 3 aromatic rings. The molecule has 1 aliphatic rings. The Labute approximate surface area is 206 Å². The number of amides is 1. The molecule has 0 bridgehead atoms. The quantitative estimate of drug-likeness (QED) is 0.446. The molecule has 4 heterocycles. The molecule has 0 aromatic carbocycles. The van der Waals surface area contributed by atoms with Crippen LogP contribution >= 0.6 is 0 Å². The number of nitrogens with zero attached hydrogens (tertiary/aromatic N) is 4. The van der Waals surface area contributed by atoms with Crippen molar-refractivity contribution in [2.24, 2.45) is 5.92 Å². The fraction of sp³-hybridized carbons (Fsp3) is 0.500. The van der Waals surface area contributed by atoms with Crippen LogP contribution in [0, 0.1) is 5.92 Å². The first kappa shape index (κ1) is 25.1. The number of nitrogens with one attached hydrogen (secondary N) is 2. The van der Waals surface area contributed by atoms with Gasteiger partial charge in [0, 0.05) is 68.8 Å². The molecule has 1 atom stereocenters. The molecule has 0 saturated carbocycles. The molecule has 2 N–H and O–H groups in total. The summed E-state index contributed by atoms with van der Waals surface area (Å²) in [5, 5.41) is 3.92. The van der Waals surface area contributed by atoms with Gasteiger partial charge in [-0.1, -0.05) is 6.92 Å². The Kier molecular flexibility index (Phi) is 8.00. The van der Waals surface area contributed by atoms with Gasteiger partial charge in [-0.25, -0.2) is 9.97 Å². The topological polar surface area (TPSA) is 95.6 Å². The normalized spacial score (nSPS) is 15.8. The van der Waals surface area contributed by atoms with E-state index < -0.39 is 0 Å². The number of piperidine rings is 1. The summed E-state index contributed by atoms with van der Waals surface area (Å²) in [6.07, 6.45) is 6.19. The first-order chi connectivity index (χ1) is 16.9. The van der Waals surface area contributed by atoms with Gasteiger partial charge in [0.2, 0.25) is 0 Å². The number of carbonyl (C=O) groups excluding carboxylic acids is 1. The van der Waals surface area contributed by atoms with Gasteiger partial charge in [-0.05, 0) is 51.6 Å². The van der Waals surface area contributed by atoms with E-state index >= 15 is 0 Å². The lowest BCUT2D eigenvalue weighted by molar-refractivity contribution is -0.141. The van der Waals surface area contributed by atoms with E-state index in [2.05, 4.69) is 57.2 Å². The van der Waals surface area contributed by atoms with E-state index in [-0.39, 0.29) is 12.2 Å². The van der Waals surface area contributed by atoms with Gasteiger partial charge in [-0.3, -0.25) is 4.79 Å². The number of H-pyrrole nitrogens is 1. The molecule has 188 valence electrons. The standard InChI is InChI=1S/C26H36N6O3/c1-6-22(31(2)3)21-13-19-16-27-23(14-20(19)29-21)30-25(33)18-7-8-24(28-15-18)32-11-9-17(10-12-32)26(34-4)35-5/h7-8,13-17,22,26,29H,6,9-12H2,1-5H3,(H,27,30,33). The van der Waals surface area contributed by atoms with Gasteiger partial charge in [0.05, 0.1) is 11.1 Å². The van der Waals surface area contributed by atoms with E-state index in [1.165, 1.54) is 0 Å². The summed E-state index contributed by atoms with van der Waals surface area (Å²) < 4.78 is 10.8. The second-order valence-electron chi connectivity index (χ2n) is 9.29. The molecule has 9 nitrogen and oxygen atoms in total. The van der Waals surface area contributed by atoms with Crippen LogP contribution in [0.2, 0.25) is 0 Å². The molecule has 1 fully saturated rings. The van der Waals surface area contributed by atoms with Crippen molar-refractivity contribution in [3.05, 3.63) is 47.9 Å². The summed E-state index contributed by atoms with van der Waals surface area (Å²) in [4.78, 5) is 29.7. The van der Waals surface area contributed by atoms with Crippen LogP contribution in [0.5, 0.6) is 0 Å². The largest absolute Gasteiger partial charge is 0.357 e. The summed E-state index contributed by atoms with van der Waals surface area (Å²) in [7, 11) is 7.51. The number of methoxy groups -OCH3 is 2. The molecule has 3 aromatic heterocycles. The summed E-state index contributed by atoms with van der Waals surface area (Å²) in [5.74, 6) is 1.52. The average Bonchev–Trinajstić information content (AvgIpc) is 3.28. The minimum Gasteiger partial charge on any atom is -0.357 e. The van der Waals surface area contributed by atoms with Crippen LogP contribution in [-0.4, -0.2) is 73.5 Å². The number of hydrogen-bond donors (Lipinski definition) is 2. The number of aromatic amines is 1. The van der Waals surface area contributed by atoms with Crippen molar-refractivity contribution < 1.29 is 14.3 Å². The zero-order valence-corrected chi connectivity index (χ0v) is 21.2. The second kappa shape index (κ2) is 11.2. The lowest BCUT2D eigenvalue weighted by Gasteiger charge is -2.35. The second-order valence-corrected chi connectivity index (χ2v) is 9.29. The van der Waals surface area contributed by atoms with E-state index in [0.717, 1.165) is 54.8 Å². The molecule has 1 aliphatic heterocycles. The van der Waals surface area contributed by atoms with E-state index in [0.29, 0.717) is 23.3 Å². The van der Waals surface area contributed by atoms with Crippen molar-refractivity contribution in [2.45, 2.75) is 38.5 Å². The van der Waals surface area contributed by atoms with E-state index in [4.69, 9.17) is 9.47 Å². The van der Waals surface area contributed by atoms with E-state index in [1.54, 1.807) is 26.6 Å². The molecule has 0 spiro atoms. The molecule has 1 amide bonds. The molecule has 9 heteroatoms. The average molecular weight is 481 g/mol. The highest BCUT2D eigenvalue weighted by molar-refractivity contribution is 6.04. The van der Waals surface area contributed by atoms with Crippen molar-refractivity contribution >= 4 is 28.4 Å². The molecular weight excluding hydrogens is 444 g/mol. The van der Waals surface area contributed by atoms with Gasteiger partial charge in [-0.2, -0.15) is 0 Å². The Morgan fingerprint density at radius 3 is 2.51 bits per heavy atom. The fourth-order valence-electron chi connectivity index (χ4n) is 4.94. The maximum atomic E-state index is 12.8. The highest BCUT2D eigenvalue weighted by Crippen LogP contribution is 2.27. The smallest absolute Gasteiger partial charge is 0.258 e. The number of pyridine rings is 2. The predicted octanol–water partition coefficient (Wildman–Crippen LogP) is 4.06. The number of hydrogen-bond acceptors (Lipinski definition) is 7. The van der Waals surface area contributed by atoms with Gasteiger partial charge in [0.25, 0.3) is 5.91 Å². The van der Waals surface area contributed by atoms with Crippen LogP contribution in [0.25, 0.3) is 10.9 Å². The highest BCUT2D eigenvalue weighted by Gasteiger charge is 2.27. The maximum absolute atomic E-state index is 12.8. The molecule has 4 rings (SSSR count). The zero-order valence-electron chi connectivity index (χ0n) is 21.2. The van der Waals surface area contributed by atoms with Gasteiger partial charge >= 0.3 is 0 Å². The number of ether oxygens (including phenoxy) is 2. The number of carbonyl (C=O) groups is 1. The monoisotopic (exact) mass is 480 g/mol. The Balaban J connectivity index is 1.39. The Hall–Kier alpha value is -3.01. The number of aromatic nitrogens is 3. The van der Waals surface area contributed by atoms with Gasteiger partial charge in [-0.15, -0.1) is 0 Å². The molecule has 1 saturated heterocycles. The summed E-state index contributed by atoms with van der Waals surface area (Å²) >= 11 is 0. The van der Waals surface area contributed by atoms with Crippen LogP contribution < -0.4 is 10.2 Å². The van der Waals surface area contributed by atoms with Crippen molar-refractivity contribution in [1.29, 1.82) is 0 Å². The number of rotatable bonds is 9. The fourth-order valence-corrected chi connectivity index (χ4v) is 4.94. The third-order valence-electron chi connectivity index (χ3n) is 6.86. The third-order valence-corrected chi connectivity index (χ3v) is 6.86. The van der Waals surface area contributed by atoms with Crippen molar-refractivity contribution in [1.82, 2.24) is 19.9 Å². The van der Waals surface area contributed by atoms with Crippen LogP contribution in [0.15, 0.2) is 36.7 Å². The van der Waals surface area contributed by atoms with Crippen LogP contribution in [0.1, 0.15) is 48.3 Å². The SMILES string of the molecule is CCC(c1cc2cnc(NC(=O)c3ccc(N4CCC(C(OC)OC)CC4)nc3)cc2[nH]1)N(C)C. The summed E-state index contributed by atoms with van der Waals surface area (Å²) in [5.41, 5.74) is 2.59. The predicted molar refractivity (Wildman–Crippen MR) is 138 cm³/mol. The lowest BCUT2D eigenvalue weighted by Crippen LogP contribution is -2.39. The van der Waals surface area contributed by atoms with E-state index in [1.807, 2.05) is 18.2 Å². The molecule has 0 radical (unpaired) electrons. The first-order valence-corrected chi connectivity index (χ1v) is 12.2. The van der Waals surface area contributed by atoms with Gasteiger partial charge in [0.15, 0.2) is 6.29 Å². The van der Waals surface area contributed by atoms with Crippen molar-refractivity contribution in [3.63, 3.8) is 0 Å². The summed E-state index contributed by atoms with van der Waals surface area (Å²) in [6.45, 7) is 3.92. The Bertz CT molecular complexity index is 1120. The third kappa shape index (κ3) is 5.63. The van der Waals surface area contributed by atoms with Crippen LogP contribution in [0.4, 0.5) is 11.6 Å². The first-order valence-electron chi connectivity index (χ1n) is 12.2. The summed E-state index contributed by atoms with van der Waals surface area (Å²) in [6, 6.07) is 8.01. The highest BCUT2D eigenvalue weighted by atomic mass is 16.7. The zero-order chi connectivity index (χ0) is 24.9. The molecule has 35 heavy (non-hydrogen) atoms. The number of fused-ring (bicyclic) bond motifs is 1. The minimum absolute atomic E-state index is 0.164. The van der Waals surface area contributed by atoms with Crippen molar-refractivity contribution in [2.75, 3.05) is 51.6 Å². The molecule has 0 aliphatic carbocycles. The molecule has 1 unspecified atom stereocenters. The van der Waals surface area contributed by atoms with E-state index in [9.17, 15) is 4.79 Å². The lowest BCUT2D eigenvalue weighted by atomic mass is 9.96. The minimum atomic E-state index is -0.232. The van der Waals surface area contributed by atoms with Crippen molar-refractivity contribution in [3.8, 4) is 0 Å².